The molecule has 0 amide bonds. The molecule has 1 aromatic carbocycles. The van der Waals surface area contributed by atoms with Crippen LogP contribution in [0.5, 0.6) is 0 Å². The molecule has 2 aliphatic rings. The van der Waals surface area contributed by atoms with E-state index in [0.717, 1.165) is 30.4 Å². The van der Waals surface area contributed by atoms with Crippen LogP contribution in [0, 0.1) is 13.8 Å². The maximum atomic E-state index is 13.1. The van der Waals surface area contributed by atoms with E-state index in [-0.39, 0.29) is 28.8 Å². The predicted octanol–water partition coefficient (Wildman–Crippen LogP) is 4.13. The average Bonchev–Trinajstić information content (AvgIpc) is 3.25. The summed E-state index contributed by atoms with van der Waals surface area (Å²) in [6, 6.07) is 6.05. The van der Waals surface area contributed by atoms with Gasteiger partial charge in [0.15, 0.2) is 10.8 Å². The fourth-order valence-corrected chi connectivity index (χ4v) is 6.99. The van der Waals surface area contributed by atoms with Crippen LogP contribution in [0.3, 0.4) is 0 Å². The topological polar surface area (TPSA) is 75.5 Å². The van der Waals surface area contributed by atoms with Gasteiger partial charge in [0.05, 0.1) is 6.33 Å². The predicted molar refractivity (Wildman–Crippen MR) is 136 cm³/mol. The van der Waals surface area contributed by atoms with E-state index in [1.165, 1.54) is 31.2 Å². The average molecular weight is 509 g/mol. The summed E-state index contributed by atoms with van der Waals surface area (Å²) >= 11 is 0. The Morgan fingerprint density at radius 1 is 1.06 bits per heavy atom. The molecule has 2 aromatic rings. The molecule has 1 saturated carbocycles. The molecule has 2 heterocycles. The van der Waals surface area contributed by atoms with Gasteiger partial charge in [-0.2, -0.15) is 4.31 Å². The van der Waals surface area contributed by atoms with E-state index in [2.05, 4.69) is 16.0 Å². The number of imidazole rings is 1. The first-order chi connectivity index (χ1) is 15.7. The fourth-order valence-electron chi connectivity index (χ4n) is 5.60. The van der Waals surface area contributed by atoms with Gasteiger partial charge in [-0.15, -0.1) is 12.4 Å². The Morgan fingerprint density at radius 2 is 1.74 bits per heavy atom. The van der Waals surface area contributed by atoms with Gasteiger partial charge in [0.1, 0.15) is 0 Å². The molecule has 4 rings (SSSR count). The van der Waals surface area contributed by atoms with Gasteiger partial charge in [0.25, 0.3) is 10.0 Å². The van der Waals surface area contributed by atoms with Crippen LogP contribution >= 0.6 is 12.4 Å². The van der Waals surface area contributed by atoms with Crippen molar-refractivity contribution >= 4 is 28.2 Å². The van der Waals surface area contributed by atoms with E-state index in [1.54, 1.807) is 22.1 Å². The second-order valence-corrected chi connectivity index (χ2v) is 11.7. The Balaban J connectivity index is 0.00000324. The van der Waals surface area contributed by atoms with Crippen molar-refractivity contribution in [1.29, 1.82) is 0 Å². The van der Waals surface area contributed by atoms with Crippen molar-refractivity contribution < 1.29 is 13.2 Å². The van der Waals surface area contributed by atoms with Crippen molar-refractivity contribution in [3.63, 3.8) is 0 Å². The molecule has 2 fully saturated rings. The molecule has 9 heteroatoms. The Labute approximate surface area is 210 Å². The SMILES string of the molecule is Cc1ccc(C(=O)CCC2(N3CCN(S(=O)(=O)c4cn(C)cn4)CC3)CCCCC2)c(C)c1.Cl. The van der Waals surface area contributed by atoms with Gasteiger partial charge >= 0.3 is 0 Å². The third-order valence-electron chi connectivity index (χ3n) is 7.48. The first-order valence-electron chi connectivity index (χ1n) is 12.0. The number of carbonyl (C=O) groups is 1. The third-order valence-corrected chi connectivity index (χ3v) is 9.26. The van der Waals surface area contributed by atoms with Gasteiger partial charge in [-0.3, -0.25) is 9.69 Å². The molecule has 1 aliphatic carbocycles. The van der Waals surface area contributed by atoms with Crippen LogP contribution in [0.1, 0.15) is 66.4 Å². The Kier molecular flexibility index (Phi) is 8.61. The molecule has 1 aromatic heterocycles. The van der Waals surface area contributed by atoms with Gasteiger partial charge in [-0.25, -0.2) is 13.4 Å². The van der Waals surface area contributed by atoms with Crippen LogP contribution in [0.4, 0.5) is 0 Å². The van der Waals surface area contributed by atoms with E-state index in [1.807, 2.05) is 26.0 Å². The van der Waals surface area contributed by atoms with Crippen molar-refractivity contribution in [2.45, 2.75) is 69.4 Å². The minimum absolute atomic E-state index is 0. The lowest BCUT2D eigenvalue weighted by molar-refractivity contribution is 0.0165. The summed E-state index contributed by atoms with van der Waals surface area (Å²) in [6.07, 6.45) is 10.2. The first-order valence-corrected chi connectivity index (χ1v) is 13.5. The lowest BCUT2D eigenvalue weighted by Gasteiger charge is -2.49. The number of nitrogens with zero attached hydrogens (tertiary/aromatic N) is 4. The Morgan fingerprint density at radius 3 is 2.32 bits per heavy atom. The molecule has 34 heavy (non-hydrogen) atoms. The zero-order valence-electron chi connectivity index (χ0n) is 20.5. The number of aromatic nitrogens is 2. The number of hydrogen-bond acceptors (Lipinski definition) is 5. The van der Waals surface area contributed by atoms with Crippen LogP contribution in [0.25, 0.3) is 0 Å². The third kappa shape index (κ3) is 5.56. The number of benzene rings is 1. The van der Waals surface area contributed by atoms with E-state index < -0.39 is 10.0 Å². The summed E-state index contributed by atoms with van der Waals surface area (Å²) in [5.74, 6) is 0.216. The summed E-state index contributed by atoms with van der Waals surface area (Å²) in [5, 5.41) is 0.116. The van der Waals surface area contributed by atoms with Gasteiger partial charge in [-0.1, -0.05) is 43.0 Å². The Bertz CT molecular complexity index is 1100. The van der Waals surface area contributed by atoms with Gasteiger partial charge < -0.3 is 4.57 Å². The number of ketones is 1. The van der Waals surface area contributed by atoms with E-state index in [9.17, 15) is 13.2 Å². The molecular weight excluding hydrogens is 472 g/mol. The number of carbonyl (C=O) groups excluding carboxylic acids is 1. The highest BCUT2D eigenvalue weighted by atomic mass is 35.5. The zero-order chi connectivity index (χ0) is 23.6. The summed E-state index contributed by atoms with van der Waals surface area (Å²) in [5.41, 5.74) is 3.04. The fraction of sp³-hybridized carbons (Fsp3) is 0.600. The molecular formula is C25H37ClN4O3S. The molecule has 0 unspecified atom stereocenters. The molecule has 1 aliphatic heterocycles. The number of sulfonamides is 1. The minimum Gasteiger partial charge on any atom is -0.339 e. The van der Waals surface area contributed by atoms with Crippen LogP contribution in [-0.4, -0.2) is 64.7 Å². The summed E-state index contributed by atoms with van der Waals surface area (Å²) in [6.45, 7) is 6.38. The molecule has 1 saturated heterocycles. The molecule has 0 spiro atoms. The maximum absolute atomic E-state index is 13.1. The number of hydrogen-bond donors (Lipinski definition) is 0. The zero-order valence-corrected chi connectivity index (χ0v) is 22.1. The van der Waals surface area contributed by atoms with Crippen LogP contribution in [0.15, 0.2) is 35.7 Å². The summed E-state index contributed by atoms with van der Waals surface area (Å²) in [7, 11) is -1.79. The van der Waals surface area contributed by atoms with Crippen molar-refractivity contribution in [2.75, 3.05) is 26.2 Å². The second-order valence-electron chi connectivity index (χ2n) is 9.80. The second kappa shape index (κ2) is 10.9. The lowest BCUT2D eigenvalue weighted by Crippen LogP contribution is -2.58. The first kappa shape index (κ1) is 26.9. The van der Waals surface area contributed by atoms with Crippen LogP contribution < -0.4 is 0 Å². The highest BCUT2D eigenvalue weighted by Crippen LogP contribution is 2.39. The molecule has 188 valence electrons. The molecule has 0 N–H and O–H groups in total. The van der Waals surface area contributed by atoms with Crippen molar-refractivity contribution in [3.8, 4) is 0 Å². The number of aryl methyl sites for hydroxylation is 3. The van der Waals surface area contributed by atoms with Crippen molar-refractivity contribution in [3.05, 3.63) is 47.4 Å². The summed E-state index contributed by atoms with van der Waals surface area (Å²) < 4.78 is 29.2. The number of piperazine rings is 1. The quantitative estimate of drug-likeness (QED) is 0.525. The molecule has 0 bridgehead atoms. The number of rotatable bonds is 7. The van der Waals surface area contributed by atoms with Crippen molar-refractivity contribution in [1.82, 2.24) is 18.8 Å². The Hall–Kier alpha value is -1.74. The number of halogens is 1. The van der Waals surface area contributed by atoms with Gasteiger partial charge in [0.2, 0.25) is 0 Å². The maximum Gasteiger partial charge on any atom is 0.262 e. The van der Waals surface area contributed by atoms with Gasteiger partial charge in [0, 0.05) is 56.9 Å². The highest BCUT2D eigenvalue weighted by Gasteiger charge is 2.41. The van der Waals surface area contributed by atoms with Gasteiger partial charge in [-0.05, 0) is 38.7 Å². The molecule has 0 radical (unpaired) electrons. The normalized spacial score (nSPS) is 19.5. The summed E-state index contributed by atoms with van der Waals surface area (Å²) in [4.78, 5) is 19.6. The van der Waals surface area contributed by atoms with Crippen LogP contribution in [0.2, 0.25) is 0 Å². The largest absolute Gasteiger partial charge is 0.339 e. The standard InChI is InChI=1S/C25H36N4O3S.ClH/c1-20-7-8-22(21(2)17-20)23(30)9-12-25(10-5-4-6-11-25)28-13-15-29(16-14-28)33(31,32)24-18-27(3)19-26-24;/h7-8,17-19H,4-6,9-16H2,1-3H3;1H. The lowest BCUT2D eigenvalue weighted by atomic mass is 9.76. The van der Waals surface area contributed by atoms with Crippen molar-refractivity contribution in [2.24, 2.45) is 7.05 Å². The number of Topliss-reactive ketones (excluding diaryl/α,β-unsaturated/α-hetero) is 1. The van der Waals surface area contributed by atoms with E-state index in [0.29, 0.717) is 32.6 Å². The smallest absolute Gasteiger partial charge is 0.262 e. The monoisotopic (exact) mass is 508 g/mol. The van der Waals surface area contributed by atoms with Crippen LogP contribution in [-0.2, 0) is 17.1 Å². The molecule has 7 nitrogen and oxygen atoms in total. The minimum atomic E-state index is -3.56. The molecule has 0 atom stereocenters. The van der Waals surface area contributed by atoms with E-state index >= 15 is 0 Å². The van der Waals surface area contributed by atoms with E-state index in [4.69, 9.17) is 0 Å². The highest BCUT2D eigenvalue weighted by molar-refractivity contribution is 7.89.